The van der Waals surface area contributed by atoms with Gasteiger partial charge in [0.25, 0.3) is 0 Å². The summed E-state index contributed by atoms with van der Waals surface area (Å²) in [6.07, 6.45) is 5.14. The van der Waals surface area contributed by atoms with Crippen molar-refractivity contribution in [2.24, 2.45) is 0 Å². The molecule has 1 aromatic carbocycles. The molecule has 0 bridgehead atoms. The fourth-order valence-corrected chi connectivity index (χ4v) is 1.56. The Morgan fingerprint density at radius 1 is 1.42 bits per heavy atom. The van der Waals surface area contributed by atoms with E-state index >= 15 is 0 Å². The highest BCUT2D eigenvalue weighted by Gasteiger charge is 2.29. The number of esters is 1. The molecule has 6 heteroatoms. The third-order valence-corrected chi connectivity index (χ3v) is 2.38. The quantitative estimate of drug-likeness (QED) is 0.601. The Morgan fingerprint density at radius 3 is 2.84 bits per heavy atom. The van der Waals surface area contributed by atoms with E-state index in [2.05, 4.69) is 10.7 Å². The normalized spacial score (nSPS) is 15.7. The fourth-order valence-electron chi connectivity index (χ4n) is 1.56. The van der Waals surface area contributed by atoms with Gasteiger partial charge in [0.05, 0.1) is 12.7 Å². The highest BCUT2D eigenvalue weighted by Crippen LogP contribution is 2.44. The molecule has 0 N–H and O–H groups in total. The van der Waals surface area contributed by atoms with Crippen molar-refractivity contribution in [1.29, 1.82) is 0 Å². The van der Waals surface area contributed by atoms with E-state index in [1.807, 2.05) is 0 Å². The minimum atomic E-state index is -0.879. The van der Waals surface area contributed by atoms with Crippen LogP contribution in [0.5, 0.6) is 17.2 Å². The van der Waals surface area contributed by atoms with Crippen LogP contribution in [-0.4, -0.2) is 33.3 Å². The van der Waals surface area contributed by atoms with Crippen molar-refractivity contribution in [3.05, 3.63) is 17.7 Å². The summed E-state index contributed by atoms with van der Waals surface area (Å²) in [5.41, 5.74) is 0.272. The molecule has 1 aromatic rings. The minimum Gasteiger partial charge on any atom is -0.477 e. The predicted octanol–water partition coefficient (Wildman–Crippen LogP) is 1.19. The predicted molar refractivity (Wildman–Crippen MR) is 64.2 cm³/mol. The zero-order chi connectivity index (χ0) is 13.8. The van der Waals surface area contributed by atoms with Crippen molar-refractivity contribution in [2.45, 2.75) is 6.48 Å². The lowest BCUT2D eigenvalue weighted by atomic mass is 10.2. The molecule has 0 aromatic heterocycles. The average molecular weight is 264 g/mol. The molecule has 0 spiro atoms. The summed E-state index contributed by atoms with van der Waals surface area (Å²) in [5.74, 6) is 2.79. The summed E-state index contributed by atoms with van der Waals surface area (Å²) in [4.78, 5) is 11.5. The van der Waals surface area contributed by atoms with Crippen molar-refractivity contribution in [1.82, 2.24) is 0 Å². The first-order valence-electron chi connectivity index (χ1n) is 5.38. The molecule has 1 atom stereocenters. The van der Waals surface area contributed by atoms with Gasteiger partial charge < -0.3 is 23.7 Å². The summed E-state index contributed by atoms with van der Waals surface area (Å²) < 4.78 is 25.6. The lowest BCUT2D eigenvalue weighted by molar-refractivity contribution is -0.158. The molecular formula is C13H12O6. The molecule has 1 aliphatic heterocycles. The molecular weight excluding hydrogens is 252 g/mol. The van der Waals surface area contributed by atoms with E-state index in [0.717, 1.165) is 0 Å². The highest BCUT2D eigenvalue weighted by atomic mass is 16.9. The van der Waals surface area contributed by atoms with Crippen molar-refractivity contribution in [3.63, 3.8) is 0 Å². The van der Waals surface area contributed by atoms with Gasteiger partial charge in [-0.3, -0.25) is 0 Å². The van der Waals surface area contributed by atoms with E-state index in [0.29, 0.717) is 17.2 Å². The van der Waals surface area contributed by atoms with E-state index in [1.54, 1.807) is 0 Å². The van der Waals surface area contributed by atoms with Crippen molar-refractivity contribution >= 4 is 5.97 Å². The number of hydrogen-bond donors (Lipinski definition) is 0. The van der Waals surface area contributed by atoms with Gasteiger partial charge in [-0.05, 0) is 12.1 Å². The maximum Gasteiger partial charge on any atom is 0.361 e. The van der Waals surface area contributed by atoms with Crippen LogP contribution in [0.3, 0.4) is 0 Å². The van der Waals surface area contributed by atoms with Crippen LogP contribution in [0.1, 0.15) is 10.4 Å². The van der Waals surface area contributed by atoms with Crippen LogP contribution in [0, 0.1) is 12.3 Å². The molecule has 0 aliphatic carbocycles. The van der Waals surface area contributed by atoms with E-state index < -0.39 is 12.4 Å². The van der Waals surface area contributed by atoms with Gasteiger partial charge in [0.15, 0.2) is 11.5 Å². The van der Waals surface area contributed by atoms with Crippen molar-refractivity contribution in [2.75, 3.05) is 20.8 Å². The number of ether oxygens (including phenoxy) is 5. The van der Waals surface area contributed by atoms with E-state index in [1.165, 1.54) is 26.4 Å². The summed E-state index contributed by atoms with van der Waals surface area (Å²) in [5, 5.41) is 0. The Bertz CT molecular complexity index is 531. The number of terminal acetylenes is 1. The number of rotatable bonds is 4. The van der Waals surface area contributed by atoms with Gasteiger partial charge in [0.2, 0.25) is 5.75 Å². The highest BCUT2D eigenvalue weighted by molar-refractivity contribution is 5.91. The smallest absolute Gasteiger partial charge is 0.361 e. The molecule has 1 unspecified atom stereocenters. The lowest BCUT2D eigenvalue weighted by Crippen LogP contribution is -2.19. The van der Waals surface area contributed by atoms with Crippen molar-refractivity contribution in [3.8, 4) is 29.6 Å². The molecule has 100 valence electrons. The van der Waals surface area contributed by atoms with Crippen molar-refractivity contribution < 1.29 is 28.5 Å². The van der Waals surface area contributed by atoms with E-state index in [4.69, 9.17) is 25.4 Å². The topological polar surface area (TPSA) is 63.2 Å². The number of fused-ring (bicyclic) bond motifs is 1. The van der Waals surface area contributed by atoms with Crippen LogP contribution in [0.4, 0.5) is 0 Å². The second kappa shape index (κ2) is 5.50. The summed E-state index contributed by atoms with van der Waals surface area (Å²) >= 11 is 0. The van der Waals surface area contributed by atoms with Crippen LogP contribution in [0.25, 0.3) is 0 Å². The molecule has 0 radical (unpaired) electrons. The molecule has 0 fully saturated rings. The molecule has 1 heterocycles. The molecule has 0 saturated heterocycles. The number of carbonyl (C=O) groups is 1. The zero-order valence-electron chi connectivity index (χ0n) is 10.5. The average Bonchev–Trinajstić information content (AvgIpc) is 2.86. The van der Waals surface area contributed by atoms with Crippen LogP contribution >= 0.6 is 0 Å². The van der Waals surface area contributed by atoms with Gasteiger partial charge in [-0.1, -0.05) is 5.92 Å². The lowest BCUT2D eigenvalue weighted by Gasteiger charge is -2.08. The Hall–Kier alpha value is -2.39. The molecule has 6 nitrogen and oxygen atoms in total. The largest absolute Gasteiger partial charge is 0.477 e. The SMILES string of the molecule is C#CCOc1cc(C(=O)OC)cc2c1OC(OC)O2. The van der Waals surface area contributed by atoms with Gasteiger partial charge in [0, 0.05) is 7.11 Å². The van der Waals surface area contributed by atoms with Crippen LogP contribution in [0.15, 0.2) is 12.1 Å². The molecule has 2 rings (SSSR count). The number of carbonyl (C=O) groups excluding carboxylic acids is 1. The second-order valence-electron chi connectivity index (χ2n) is 3.55. The first-order chi connectivity index (χ1) is 9.19. The van der Waals surface area contributed by atoms with Gasteiger partial charge >= 0.3 is 12.4 Å². The number of methoxy groups -OCH3 is 2. The van der Waals surface area contributed by atoms with E-state index in [9.17, 15) is 4.79 Å². The standard InChI is InChI=1S/C13H12O6/c1-4-5-17-9-6-8(12(14)15-2)7-10-11(9)19-13(16-3)18-10/h1,6-7,13H,5H2,2-3H3. The fraction of sp³-hybridized carbons (Fsp3) is 0.308. The minimum absolute atomic E-state index is 0.0398. The molecule has 0 saturated carbocycles. The maximum absolute atomic E-state index is 11.5. The summed E-state index contributed by atoms with van der Waals surface area (Å²) in [6.45, 7) is -0.839. The van der Waals surface area contributed by atoms with E-state index in [-0.39, 0.29) is 12.2 Å². The second-order valence-corrected chi connectivity index (χ2v) is 3.55. The first kappa shape index (κ1) is 13.1. The Kier molecular flexibility index (Phi) is 3.78. The van der Waals surface area contributed by atoms with Crippen LogP contribution < -0.4 is 14.2 Å². The monoisotopic (exact) mass is 264 g/mol. The Morgan fingerprint density at radius 2 is 2.21 bits per heavy atom. The Balaban J connectivity index is 2.38. The summed E-state index contributed by atoms with van der Waals surface area (Å²) in [6, 6.07) is 2.96. The Labute approximate surface area is 110 Å². The number of benzene rings is 1. The van der Waals surface area contributed by atoms with Crippen LogP contribution in [0.2, 0.25) is 0 Å². The van der Waals surface area contributed by atoms with Crippen LogP contribution in [-0.2, 0) is 9.47 Å². The number of hydrogen-bond acceptors (Lipinski definition) is 6. The molecule has 19 heavy (non-hydrogen) atoms. The van der Waals surface area contributed by atoms with Gasteiger partial charge in [0.1, 0.15) is 6.61 Å². The molecule has 1 aliphatic rings. The zero-order valence-corrected chi connectivity index (χ0v) is 10.5. The third kappa shape index (κ3) is 2.56. The third-order valence-electron chi connectivity index (χ3n) is 2.38. The summed E-state index contributed by atoms with van der Waals surface area (Å²) in [7, 11) is 2.71. The van der Waals surface area contributed by atoms with Gasteiger partial charge in [-0.25, -0.2) is 4.79 Å². The first-order valence-corrected chi connectivity index (χ1v) is 5.38. The van der Waals surface area contributed by atoms with Gasteiger partial charge in [-0.2, -0.15) is 0 Å². The molecule has 0 amide bonds. The van der Waals surface area contributed by atoms with Gasteiger partial charge in [-0.15, -0.1) is 6.42 Å². The maximum atomic E-state index is 11.5.